The standard InChI is InChI=1S/C19H33FN4OS.HI/c1-6-25-18(9-10-24(3)4)13-23-19(21-2)22-12-15-7-8-17(20)11-16(15)14-26-5;/h7-8,11,18H,6,9-10,12-14H2,1-5H3,(H2,21,22,23);1H. The monoisotopic (exact) mass is 512 g/mol. The van der Waals surface area contributed by atoms with Gasteiger partial charge < -0.3 is 20.3 Å². The van der Waals surface area contributed by atoms with Crippen LogP contribution in [0.15, 0.2) is 23.2 Å². The summed E-state index contributed by atoms with van der Waals surface area (Å²) >= 11 is 1.68. The fraction of sp³-hybridized carbons (Fsp3) is 0.632. The van der Waals surface area contributed by atoms with E-state index in [2.05, 4.69) is 34.6 Å². The van der Waals surface area contributed by atoms with Crippen molar-refractivity contribution in [2.24, 2.45) is 4.99 Å². The van der Waals surface area contributed by atoms with E-state index in [0.717, 1.165) is 35.8 Å². The van der Waals surface area contributed by atoms with E-state index in [1.165, 1.54) is 6.07 Å². The number of ether oxygens (including phenoxy) is 1. The molecule has 0 bridgehead atoms. The second-order valence-corrected chi connectivity index (χ2v) is 7.19. The molecule has 1 unspecified atom stereocenters. The number of guanidine groups is 1. The van der Waals surface area contributed by atoms with Gasteiger partial charge in [-0.05, 0) is 57.0 Å². The molecular weight excluding hydrogens is 478 g/mol. The first-order valence-corrected chi connectivity index (χ1v) is 10.4. The molecule has 0 radical (unpaired) electrons. The molecule has 0 aliphatic heterocycles. The third-order valence-corrected chi connectivity index (χ3v) is 4.54. The van der Waals surface area contributed by atoms with E-state index in [-0.39, 0.29) is 35.9 Å². The predicted molar refractivity (Wildman–Crippen MR) is 126 cm³/mol. The van der Waals surface area contributed by atoms with E-state index >= 15 is 0 Å². The zero-order chi connectivity index (χ0) is 19.4. The van der Waals surface area contributed by atoms with Gasteiger partial charge in [0.25, 0.3) is 0 Å². The van der Waals surface area contributed by atoms with Gasteiger partial charge >= 0.3 is 0 Å². The van der Waals surface area contributed by atoms with Crippen LogP contribution in [-0.4, -0.2) is 64.1 Å². The quantitative estimate of drug-likeness (QED) is 0.271. The number of nitrogens with one attached hydrogen (secondary N) is 2. The fourth-order valence-corrected chi connectivity index (χ4v) is 3.13. The van der Waals surface area contributed by atoms with Crippen LogP contribution >= 0.6 is 35.7 Å². The highest BCUT2D eigenvalue weighted by Crippen LogP contribution is 2.16. The molecule has 0 heterocycles. The summed E-state index contributed by atoms with van der Waals surface area (Å²) in [4.78, 5) is 6.43. The SMILES string of the molecule is CCOC(CCN(C)C)CNC(=NC)NCc1ccc(F)cc1CSC.I. The summed E-state index contributed by atoms with van der Waals surface area (Å²) in [5.74, 6) is 1.32. The van der Waals surface area contributed by atoms with Crippen LogP contribution in [0, 0.1) is 5.82 Å². The number of aliphatic imine (C=N–C) groups is 1. The van der Waals surface area contributed by atoms with Crippen molar-refractivity contribution in [3.05, 3.63) is 35.1 Å². The summed E-state index contributed by atoms with van der Waals surface area (Å²) in [6, 6.07) is 4.95. The van der Waals surface area contributed by atoms with Gasteiger partial charge in [0.2, 0.25) is 0 Å². The second kappa shape index (κ2) is 15.4. The molecule has 2 N–H and O–H groups in total. The van der Waals surface area contributed by atoms with Crippen LogP contribution < -0.4 is 10.6 Å². The van der Waals surface area contributed by atoms with Gasteiger partial charge in [0.1, 0.15) is 5.82 Å². The maximum absolute atomic E-state index is 13.5. The zero-order valence-corrected chi connectivity index (χ0v) is 20.2. The molecule has 0 amide bonds. The Morgan fingerprint density at radius 1 is 1.30 bits per heavy atom. The third kappa shape index (κ3) is 11.1. The Kier molecular flexibility index (Phi) is 15.0. The smallest absolute Gasteiger partial charge is 0.191 e. The van der Waals surface area contributed by atoms with E-state index in [9.17, 15) is 4.39 Å². The number of halogens is 2. The molecule has 1 atom stereocenters. The predicted octanol–water partition coefficient (Wildman–Crippen LogP) is 3.33. The molecule has 0 saturated carbocycles. The van der Waals surface area contributed by atoms with Crippen LogP contribution in [0.2, 0.25) is 0 Å². The molecule has 0 saturated heterocycles. The van der Waals surface area contributed by atoms with E-state index in [4.69, 9.17) is 4.74 Å². The first-order chi connectivity index (χ1) is 12.5. The van der Waals surface area contributed by atoms with Crippen LogP contribution in [0.3, 0.4) is 0 Å². The highest BCUT2D eigenvalue weighted by atomic mass is 127. The van der Waals surface area contributed by atoms with E-state index in [1.807, 2.05) is 19.2 Å². The van der Waals surface area contributed by atoms with Crippen molar-refractivity contribution in [1.82, 2.24) is 15.5 Å². The van der Waals surface area contributed by atoms with E-state index in [0.29, 0.717) is 19.7 Å². The van der Waals surface area contributed by atoms with Gasteiger partial charge in [-0.1, -0.05) is 6.07 Å². The number of nitrogens with zero attached hydrogens (tertiary/aromatic N) is 2. The number of thioether (sulfide) groups is 1. The molecule has 0 aliphatic carbocycles. The summed E-state index contributed by atoms with van der Waals surface area (Å²) in [5, 5.41) is 6.63. The molecule has 1 aromatic carbocycles. The maximum atomic E-state index is 13.5. The Balaban J connectivity index is 0.00000676. The van der Waals surface area contributed by atoms with Crippen LogP contribution in [0.4, 0.5) is 4.39 Å². The first-order valence-electron chi connectivity index (χ1n) is 8.97. The molecule has 1 aromatic rings. The lowest BCUT2D eigenvalue weighted by Crippen LogP contribution is -2.42. The molecule has 8 heteroatoms. The molecule has 1 rings (SSSR count). The minimum atomic E-state index is -0.194. The Labute approximate surface area is 184 Å². The zero-order valence-electron chi connectivity index (χ0n) is 17.0. The number of benzene rings is 1. The molecule has 27 heavy (non-hydrogen) atoms. The Bertz CT molecular complexity index is 561. The van der Waals surface area contributed by atoms with Gasteiger partial charge in [-0.25, -0.2) is 4.39 Å². The lowest BCUT2D eigenvalue weighted by Gasteiger charge is -2.21. The molecule has 0 aliphatic rings. The third-order valence-electron chi connectivity index (χ3n) is 3.94. The summed E-state index contributed by atoms with van der Waals surface area (Å²) in [6.45, 7) is 4.98. The topological polar surface area (TPSA) is 48.9 Å². The van der Waals surface area contributed by atoms with E-state index in [1.54, 1.807) is 24.9 Å². The van der Waals surface area contributed by atoms with Crippen LogP contribution in [0.1, 0.15) is 24.5 Å². The molecule has 0 fully saturated rings. The van der Waals surface area contributed by atoms with Crippen molar-refractivity contribution in [3.63, 3.8) is 0 Å². The van der Waals surface area contributed by atoms with Crippen molar-refractivity contribution in [1.29, 1.82) is 0 Å². The normalized spacial score (nSPS) is 12.6. The van der Waals surface area contributed by atoms with Crippen molar-refractivity contribution in [2.45, 2.75) is 31.7 Å². The minimum Gasteiger partial charge on any atom is -0.377 e. The van der Waals surface area contributed by atoms with Gasteiger partial charge in [-0.3, -0.25) is 4.99 Å². The summed E-state index contributed by atoms with van der Waals surface area (Å²) < 4.78 is 19.3. The molecular formula is C19H34FIN4OS. The summed E-state index contributed by atoms with van der Waals surface area (Å²) in [6.07, 6.45) is 3.11. The largest absolute Gasteiger partial charge is 0.377 e. The van der Waals surface area contributed by atoms with Gasteiger partial charge in [0.15, 0.2) is 5.96 Å². The highest BCUT2D eigenvalue weighted by Gasteiger charge is 2.11. The Morgan fingerprint density at radius 2 is 2.04 bits per heavy atom. The molecule has 0 spiro atoms. The van der Waals surface area contributed by atoms with E-state index < -0.39 is 0 Å². The molecule has 5 nitrogen and oxygen atoms in total. The van der Waals surface area contributed by atoms with Crippen molar-refractivity contribution < 1.29 is 9.13 Å². The number of hydrogen-bond donors (Lipinski definition) is 2. The minimum absolute atomic E-state index is 0. The van der Waals surface area contributed by atoms with Gasteiger partial charge in [0.05, 0.1) is 6.10 Å². The second-order valence-electron chi connectivity index (χ2n) is 6.32. The first kappa shape index (κ1) is 26.4. The van der Waals surface area contributed by atoms with Crippen LogP contribution in [0.25, 0.3) is 0 Å². The van der Waals surface area contributed by atoms with Gasteiger partial charge in [0, 0.05) is 39.0 Å². The summed E-state index contributed by atoms with van der Waals surface area (Å²) in [7, 11) is 5.87. The maximum Gasteiger partial charge on any atom is 0.191 e. The fourth-order valence-electron chi connectivity index (χ4n) is 2.55. The molecule has 0 aromatic heterocycles. The molecule has 156 valence electrons. The lowest BCUT2D eigenvalue weighted by molar-refractivity contribution is 0.0548. The lowest BCUT2D eigenvalue weighted by atomic mass is 10.1. The average Bonchev–Trinajstić information content (AvgIpc) is 2.61. The highest BCUT2D eigenvalue weighted by molar-refractivity contribution is 14.0. The van der Waals surface area contributed by atoms with Crippen LogP contribution in [0.5, 0.6) is 0 Å². The number of hydrogen-bond acceptors (Lipinski definition) is 4. The Hall–Kier alpha value is -0.580. The number of rotatable bonds is 11. The van der Waals surface area contributed by atoms with Crippen molar-refractivity contribution in [3.8, 4) is 0 Å². The van der Waals surface area contributed by atoms with Crippen molar-refractivity contribution in [2.75, 3.05) is 47.1 Å². The average molecular weight is 512 g/mol. The summed E-state index contributed by atoms with van der Waals surface area (Å²) in [5.41, 5.74) is 2.09. The van der Waals surface area contributed by atoms with Crippen molar-refractivity contribution >= 4 is 41.7 Å². The van der Waals surface area contributed by atoms with Gasteiger partial charge in [-0.15, -0.1) is 24.0 Å². The van der Waals surface area contributed by atoms with Gasteiger partial charge in [-0.2, -0.15) is 11.8 Å². The van der Waals surface area contributed by atoms with Crippen LogP contribution in [-0.2, 0) is 17.0 Å². The Morgan fingerprint density at radius 3 is 2.63 bits per heavy atom.